The number of nitrogens with one attached hydrogen (secondary N) is 1. The Morgan fingerprint density at radius 3 is 2.57 bits per heavy atom. The first-order valence-corrected chi connectivity index (χ1v) is 10.2. The van der Waals surface area contributed by atoms with Crippen LogP contribution >= 0.6 is 12.4 Å². The van der Waals surface area contributed by atoms with Crippen LogP contribution < -0.4 is 10.7 Å². The number of halogens is 1. The Kier molecular flexibility index (Phi) is 6.90. The Labute approximate surface area is 182 Å². The molecule has 3 aromatic rings. The average molecular weight is 427 g/mol. The standard InChI is InChI=1S/C23H26N4O2.ClH/c1-3-16-9-11-17(12-10-16)20-15-24-13-14-26(20)23(29)21-22(28)18-7-5-6-8-19(18)27(4-2)25-21;/h5-12,20,24H,3-4,13-15H2,1-2H3;1H. The van der Waals surface area contributed by atoms with Gasteiger partial charge in [-0.2, -0.15) is 5.10 Å². The number of carbonyl (C=O) groups is 1. The molecule has 0 radical (unpaired) electrons. The number of hydrogen-bond acceptors (Lipinski definition) is 4. The molecule has 158 valence electrons. The third-order valence-electron chi connectivity index (χ3n) is 5.64. The monoisotopic (exact) mass is 426 g/mol. The van der Waals surface area contributed by atoms with Crippen molar-refractivity contribution in [3.05, 3.63) is 75.6 Å². The molecule has 1 fully saturated rings. The van der Waals surface area contributed by atoms with E-state index in [1.807, 2.05) is 25.1 Å². The van der Waals surface area contributed by atoms with Crippen LogP contribution in [0.2, 0.25) is 0 Å². The van der Waals surface area contributed by atoms with Gasteiger partial charge in [0.05, 0.1) is 11.6 Å². The van der Waals surface area contributed by atoms with Crippen molar-refractivity contribution in [2.75, 3.05) is 19.6 Å². The molecule has 1 unspecified atom stereocenters. The van der Waals surface area contributed by atoms with E-state index in [2.05, 4.69) is 41.6 Å². The highest BCUT2D eigenvalue weighted by atomic mass is 35.5. The average Bonchev–Trinajstić information content (AvgIpc) is 2.79. The van der Waals surface area contributed by atoms with E-state index in [0.29, 0.717) is 31.6 Å². The maximum atomic E-state index is 13.5. The van der Waals surface area contributed by atoms with Crippen LogP contribution in [0.25, 0.3) is 10.9 Å². The van der Waals surface area contributed by atoms with Crippen molar-refractivity contribution in [3.63, 3.8) is 0 Å². The molecule has 7 heteroatoms. The lowest BCUT2D eigenvalue weighted by Crippen LogP contribution is -2.50. The SMILES string of the molecule is CCc1ccc(C2CNCCN2C(=O)c2nn(CC)c3ccccc3c2=O)cc1.Cl. The van der Waals surface area contributed by atoms with E-state index >= 15 is 0 Å². The zero-order valence-corrected chi connectivity index (χ0v) is 18.1. The van der Waals surface area contributed by atoms with Crippen LogP contribution in [0.4, 0.5) is 0 Å². The second kappa shape index (κ2) is 9.41. The number of carbonyl (C=O) groups excluding carboxylic acids is 1. The van der Waals surface area contributed by atoms with Crippen molar-refractivity contribution in [1.82, 2.24) is 20.0 Å². The molecular weight excluding hydrogens is 400 g/mol. The van der Waals surface area contributed by atoms with Crippen LogP contribution in [-0.2, 0) is 13.0 Å². The van der Waals surface area contributed by atoms with E-state index < -0.39 is 0 Å². The Morgan fingerprint density at radius 2 is 1.87 bits per heavy atom. The van der Waals surface area contributed by atoms with Crippen molar-refractivity contribution in [1.29, 1.82) is 0 Å². The summed E-state index contributed by atoms with van der Waals surface area (Å²) in [6.07, 6.45) is 0.976. The Bertz CT molecular complexity index is 1090. The van der Waals surface area contributed by atoms with Crippen LogP contribution in [0.5, 0.6) is 0 Å². The molecule has 1 saturated heterocycles. The van der Waals surface area contributed by atoms with E-state index in [9.17, 15) is 9.59 Å². The van der Waals surface area contributed by atoms with Gasteiger partial charge in [-0.05, 0) is 36.6 Å². The van der Waals surface area contributed by atoms with Gasteiger partial charge in [-0.25, -0.2) is 0 Å². The maximum Gasteiger partial charge on any atom is 0.279 e. The minimum atomic E-state index is -0.297. The second-order valence-electron chi connectivity index (χ2n) is 7.32. The fourth-order valence-electron chi connectivity index (χ4n) is 3.98. The lowest BCUT2D eigenvalue weighted by atomic mass is 10.0. The minimum Gasteiger partial charge on any atom is -0.328 e. The largest absolute Gasteiger partial charge is 0.328 e. The number of rotatable bonds is 4. The number of para-hydroxylation sites is 1. The second-order valence-corrected chi connectivity index (χ2v) is 7.32. The molecule has 1 aromatic heterocycles. The number of aromatic nitrogens is 2. The van der Waals surface area contributed by atoms with Gasteiger partial charge in [0.1, 0.15) is 0 Å². The Morgan fingerprint density at radius 1 is 1.13 bits per heavy atom. The lowest BCUT2D eigenvalue weighted by Gasteiger charge is -2.36. The van der Waals surface area contributed by atoms with Gasteiger partial charge < -0.3 is 10.2 Å². The Balaban J connectivity index is 0.00000256. The number of benzene rings is 2. The molecule has 1 amide bonds. The summed E-state index contributed by atoms with van der Waals surface area (Å²) in [4.78, 5) is 28.3. The predicted octanol–water partition coefficient (Wildman–Crippen LogP) is 3.19. The van der Waals surface area contributed by atoms with Gasteiger partial charge in [0.25, 0.3) is 5.91 Å². The number of piperazine rings is 1. The summed E-state index contributed by atoms with van der Waals surface area (Å²) in [5.74, 6) is -0.297. The molecule has 1 N–H and O–H groups in total. The van der Waals surface area contributed by atoms with Gasteiger partial charge in [-0.3, -0.25) is 14.3 Å². The van der Waals surface area contributed by atoms with Crippen molar-refractivity contribution in [2.24, 2.45) is 0 Å². The highest BCUT2D eigenvalue weighted by Gasteiger charge is 2.31. The molecule has 6 nitrogen and oxygen atoms in total. The number of nitrogens with zero attached hydrogens (tertiary/aromatic N) is 3. The fourth-order valence-corrected chi connectivity index (χ4v) is 3.98. The van der Waals surface area contributed by atoms with Crippen molar-refractivity contribution in [3.8, 4) is 0 Å². The maximum absolute atomic E-state index is 13.5. The topological polar surface area (TPSA) is 67.2 Å². The van der Waals surface area contributed by atoms with E-state index in [4.69, 9.17) is 0 Å². The predicted molar refractivity (Wildman–Crippen MR) is 121 cm³/mol. The number of aryl methyl sites for hydroxylation is 2. The lowest BCUT2D eigenvalue weighted by molar-refractivity contribution is 0.0624. The van der Waals surface area contributed by atoms with Gasteiger partial charge in [0.15, 0.2) is 5.69 Å². The molecular formula is C23H27ClN4O2. The zero-order valence-electron chi connectivity index (χ0n) is 17.3. The van der Waals surface area contributed by atoms with E-state index in [1.165, 1.54) is 5.56 Å². The molecule has 0 saturated carbocycles. The van der Waals surface area contributed by atoms with Gasteiger partial charge in [-0.1, -0.05) is 43.3 Å². The molecule has 1 aliphatic rings. The number of amides is 1. The molecule has 30 heavy (non-hydrogen) atoms. The third-order valence-corrected chi connectivity index (χ3v) is 5.64. The molecule has 0 bridgehead atoms. The smallest absolute Gasteiger partial charge is 0.279 e. The van der Waals surface area contributed by atoms with E-state index in [0.717, 1.165) is 17.5 Å². The molecule has 1 atom stereocenters. The summed E-state index contributed by atoms with van der Waals surface area (Å²) in [5.41, 5.74) is 2.79. The summed E-state index contributed by atoms with van der Waals surface area (Å²) in [5, 5.41) is 8.34. The van der Waals surface area contributed by atoms with Gasteiger partial charge in [0, 0.05) is 31.6 Å². The first kappa shape index (κ1) is 22.0. The first-order chi connectivity index (χ1) is 14.1. The van der Waals surface area contributed by atoms with Gasteiger partial charge in [-0.15, -0.1) is 12.4 Å². The molecule has 2 aromatic carbocycles. The van der Waals surface area contributed by atoms with Crippen LogP contribution in [0.15, 0.2) is 53.3 Å². The molecule has 0 spiro atoms. The van der Waals surface area contributed by atoms with Crippen LogP contribution in [0.1, 0.15) is 41.5 Å². The number of fused-ring (bicyclic) bond motifs is 1. The highest BCUT2D eigenvalue weighted by Crippen LogP contribution is 2.24. The van der Waals surface area contributed by atoms with E-state index in [1.54, 1.807) is 15.6 Å². The molecule has 4 rings (SSSR count). The van der Waals surface area contributed by atoms with Crippen molar-refractivity contribution >= 4 is 29.2 Å². The van der Waals surface area contributed by atoms with Gasteiger partial charge in [0.2, 0.25) is 5.43 Å². The quantitative estimate of drug-likeness (QED) is 0.695. The molecule has 0 aliphatic carbocycles. The summed E-state index contributed by atoms with van der Waals surface area (Å²) in [7, 11) is 0. The van der Waals surface area contributed by atoms with Gasteiger partial charge >= 0.3 is 0 Å². The van der Waals surface area contributed by atoms with Crippen LogP contribution in [0, 0.1) is 0 Å². The number of hydrogen-bond donors (Lipinski definition) is 1. The summed E-state index contributed by atoms with van der Waals surface area (Å²) in [6.45, 7) is 6.57. The molecule has 1 aliphatic heterocycles. The van der Waals surface area contributed by atoms with Crippen molar-refractivity contribution < 1.29 is 4.79 Å². The normalized spacial score (nSPS) is 16.3. The highest BCUT2D eigenvalue weighted by molar-refractivity contribution is 5.95. The summed E-state index contributed by atoms with van der Waals surface area (Å²) >= 11 is 0. The first-order valence-electron chi connectivity index (χ1n) is 10.2. The minimum absolute atomic E-state index is 0. The zero-order chi connectivity index (χ0) is 20.4. The molecule has 2 heterocycles. The summed E-state index contributed by atoms with van der Waals surface area (Å²) in [6, 6.07) is 15.6. The van der Waals surface area contributed by atoms with E-state index in [-0.39, 0.29) is 35.5 Å². The third kappa shape index (κ3) is 3.98. The van der Waals surface area contributed by atoms with Crippen molar-refractivity contribution in [2.45, 2.75) is 32.9 Å². The van der Waals surface area contributed by atoms with Crippen LogP contribution in [0.3, 0.4) is 0 Å². The van der Waals surface area contributed by atoms with Crippen LogP contribution in [-0.4, -0.2) is 40.2 Å². The summed E-state index contributed by atoms with van der Waals surface area (Å²) < 4.78 is 1.73. The fraction of sp³-hybridized carbons (Fsp3) is 0.348. The Hall–Kier alpha value is -2.70.